The van der Waals surface area contributed by atoms with Gasteiger partial charge >= 0.3 is 5.97 Å². The van der Waals surface area contributed by atoms with E-state index in [4.69, 9.17) is 20.8 Å². The summed E-state index contributed by atoms with van der Waals surface area (Å²) in [5, 5.41) is 3.46. The first kappa shape index (κ1) is 20.6. The summed E-state index contributed by atoms with van der Waals surface area (Å²) >= 11 is 6.17. The average Bonchev–Trinajstić information content (AvgIpc) is 3.21. The van der Waals surface area contributed by atoms with Crippen molar-refractivity contribution in [1.82, 2.24) is 10.3 Å². The maximum absolute atomic E-state index is 12.4. The number of ether oxygens (including phenoxy) is 1. The van der Waals surface area contributed by atoms with Crippen molar-refractivity contribution in [2.45, 2.75) is 25.3 Å². The minimum Gasteiger partial charge on any atom is -0.469 e. The van der Waals surface area contributed by atoms with Gasteiger partial charge in [-0.25, -0.2) is 4.98 Å². The zero-order chi connectivity index (χ0) is 20.6. The number of aryl methyl sites for hydroxylation is 1. The highest BCUT2D eigenvalue weighted by Gasteiger charge is 2.19. The van der Waals surface area contributed by atoms with Gasteiger partial charge in [-0.2, -0.15) is 0 Å². The molecule has 0 fully saturated rings. The molecule has 0 aliphatic rings. The quantitative estimate of drug-likeness (QED) is 0.556. The van der Waals surface area contributed by atoms with Crippen LogP contribution in [0.1, 0.15) is 30.3 Å². The Morgan fingerprint density at radius 2 is 1.86 bits per heavy atom. The zero-order valence-corrected chi connectivity index (χ0v) is 16.7. The Morgan fingerprint density at radius 1 is 1.14 bits per heavy atom. The van der Waals surface area contributed by atoms with E-state index in [0.717, 1.165) is 11.1 Å². The summed E-state index contributed by atoms with van der Waals surface area (Å²) in [6.07, 6.45) is 2.16. The van der Waals surface area contributed by atoms with E-state index in [1.54, 1.807) is 12.3 Å². The molecule has 29 heavy (non-hydrogen) atoms. The van der Waals surface area contributed by atoms with E-state index in [1.165, 1.54) is 7.11 Å². The minimum atomic E-state index is -0.459. The number of halogens is 1. The van der Waals surface area contributed by atoms with Crippen molar-refractivity contribution in [3.8, 4) is 11.3 Å². The molecule has 0 radical (unpaired) electrons. The van der Waals surface area contributed by atoms with Crippen molar-refractivity contribution in [3.05, 3.63) is 77.3 Å². The number of benzene rings is 2. The highest BCUT2D eigenvalue weighted by atomic mass is 35.5. The van der Waals surface area contributed by atoms with Gasteiger partial charge in [0.2, 0.25) is 5.91 Å². The molecule has 6 nitrogen and oxygen atoms in total. The number of hydrogen-bond acceptors (Lipinski definition) is 5. The predicted molar refractivity (Wildman–Crippen MR) is 109 cm³/mol. The minimum absolute atomic E-state index is 0.0575. The highest BCUT2D eigenvalue weighted by molar-refractivity contribution is 6.33. The normalized spacial score (nSPS) is 11.7. The van der Waals surface area contributed by atoms with Crippen LogP contribution < -0.4 is 5.32 Å². The monoisotopic (exact) mass is 412 g/mol. The lowest BCUT2D eigenvalue weighted by Gasteiger charge is -2.18. The molecule has 1 heterocycles. The molecule has 1 atom stereocenters. The molecule has 0 aliphatic heterocycles. The second kappa shape index (κ2) is 9.89. The van der Waals surface area contributed by atoms with Gasteiger partial charge in [0.15, 0.2) is 11.7 Å². The van der Waals surface area contributed by atoms with Crippen LogP contribution in [0.3, 0.4) is 0 Å². The molecule has 1 amide bonds. The molecule has 0 spiro atoms. The Bertz CT molecular complexity index is 972. The van der Waals surface area contributed by atoms with Gasteiger partial charge < -0.3 is 14.5 Å². The van der Waals surface area contributed by atoms with Gasteiger partial charge in [-0.05, 0) is 17.7 Å². The van der Waals surface area contributed by atoms with E-state index < -0.39 is 12.0 Å². The lowest BCUT2D eigenvalue weighted by Crippen LogP contribution is -2.30. The van der Waals surface area contributed by atoms with Crippen molar-refractivity contribution in [2.24, 2.45) is 0 Å². The lowest BCUT2D eigenvalue weighted by atomic mass is 10.0. The van der Waals surface area contributed by atoms with Crippen LogP contribution in [-0.2, 0) is 20.7 Å². The summed E-state index contributed by atoms with van der Waals surface area (Å²) in [6.45, 7) is 0. The third kappa shape index (κ3) is 5.68. The molecule has 1 aromatic heterocycles. The summed E-state index contributed by atoms with van der Waals surface area (Å²) in [6, 6.07) is 16.2. The van der Waals surface area contributed by atoms with Gasteiger partial charge in [0.1, 0.15) is 0 Å². The summed E-state index contributed by atoms with van der Waals surface area (Å²) in [5.41, 5.74) is 1.59. The average molecular weight is 413 g/mol. The Balaban J connectivity index is 1.61. The first-order valence-electron chi connectivity index (χ1n) is 9.17. The fourth-order valence-corrected chi connectivity index (χ4v) is 3.11. The van der Waals surface area contributed by atoms with Crippen LogP contribution in [0.2, 0.25) is 5.02 Å². The van der Waals surface area contributed by atoms with Crippen molar-refractivity contribution in [1.29, 1.82) is 0 Å². The SMILES string of the molecule is COC(=O)CC(NC(=O)CCc1ncc(-c2ccccc2Cl)o1)c1ccccc1. The number of amides is 1. The number of esters is 1. The Morgan fingerprint density at radius 3 is 2.59 bits per heavy atom. The van der Waals surface area contributed by atoms with Gasteiger partial charge in [-0.15, -0.1) is 0 Å². The number of methoxy groups -OCH3 is 1. The van der Waals surface area contributed by atoms with Crippen molar-refractivity contribution in [3.63, 3.8) is 0 Å². The summed E-state index contributed by atoms with van der Waals surface area (Å²) < 4.78 is 10.5. The summed E-state index contributed by atoms with van der Waals surface area (Å²) in [7, 11) is 1.32. The van der Waals surface area contributed by atoms with Crippen molar-refractivity contribution < 1.29 is 18.7 Å². The van der Waals surface area contributed by atoms with E-state index >= 15 is 0 Å². The van der Waals surface area contributed by atoms with Gasteiger partial charge in [0.25, 0.3) is 0 Å². The largest absolute Gasteiger partial charge is 0.469 e. The fraction of sp³-hybridized carbons (Fsp3) is 0.227. The van der Waals surface area contributed by atoms with Crippen LogP contribution in [0.4, 0.5) is 0 Å². The van der Waals surface area contributed by atoms with Crippen LogP contribution in [0.5, 0.6) is 0 Å². The van der Waals surface area contributed by atoms with E-state index in [1.807, 2.05) is 48.5 Å². The smallest absolute Gasteiger partial charge is 0.307 e. The van der Waals surface area contributed by atoms with E-state index in [9.17, 15) is 9.59 Å². The van der Waals surface area contributed by atoms with Crippen LogP contribution in [-0.4, -0.2) is 24.0 Å². The number of carbonyl (C=O) groups excluding carboxylic acids is 2. The molecule has 0 bridgehead atoms. The summed E-state index contributed by atoms with van der Waals surface area (Å²) in [5.74, 6) is 0.398. The number of aromatic nitrogens is 1. The molecule has 3 aromatic rings. The number of carbonyl (C=O) groups is 2. The van der Waals surface area contributed by atoms with Gasteiger partial charge in [0, 0.05) is 18.4 Å². The molecule has 0 aliphatic carbocycles. The first-order valence-corrected chi connectivity index (χ1v) is 9.55. The van der Waals surface area contributed by atoms with Gasteiger partial charge in [-0.1, -0.05) is 54.1 Å². The standard InChI is InChI=1S/C22H21ClN2O4/c1-28-22(27)13-18(15-7-3-2-4-8-15)25-20(26)11-12-21-24-14-19(29-21)16-9-5-6-10-17(16)23/h2-10,14,18H,11-13H2,1H3,(H,25,26). The van der Waals surface area contributed by atoms with E-state index in [-0.39, 0.29) is 18.7 Å². The number of nitrogens with one attached hydrogen (secondary N) is 1. The van der Waals surface area contributed by atoms with E-state index in [0.29, 0.717) is 23.1 Å². The second-order valence-electron chi connectivity index (χ2n) is 6.41. The molecule has 1 unspecified atom stereocenters. The summed E-state index contributed by atoms with van der Waals surface area (Å²) in [4.78, 5) is 28.4. The highest BCUT2D eigenvalue weighted by Crippen LogP contribution is 2.28. The molecule has 0 saturated heterocycles. The topological polar surface area (TPSA) is 81.4 Å². The maximum atomic E-state index is 12.4. The molecule has 1 N–H and O–H groups in total. The van der Waals surface area contributed by atoms with Crippen LogP contribution in [0.25, 0.3) is 11.3 Å². The second-order valence-corrected chi connectivity index (χ2v) is 6.82. The fourth-order valence-electron chi connectivity index (χ4n) is 2.89. The zero-order valence-electron chi connectivity index (χ0n) is 15.9. The van der Waals surface area contributed by atoms with Crippen molar-refractivity contribution in [2.75, 3.05) is 7.11 Å². The molecular weight excluding hydrogens is 392 g/mol. The lowest BCUT2D eigenvalue weighted by molar-refractivity contribution is -0.141. The first-order chi connectivity index (χ1) is 14.1. The Kier molecular flexibility index (Phi) is 7.03. The Hall–Kier alpha value is -3.12. The molecule has 150 valence electrons. The molecular formula is C22H21ClN2O4. The number of hydrogen-bond donors (Lipinski definition) is 1. The third-order valence-electron chi connectivity index (χ3n) is 4.39. The van der Waals surface area contributed by atoms with E-state index in [2.05, 4.69) is 10.3 Å². The van der Waals surface area contributed by atoms with Crippen LogP contribution >= 0.6 is 11.6 Å². The van der Waals surface area contributed by atoms with Gasteiger partial charge in [0.05, 0.1) is 30.8 Å². The number of oxazole rings is 1. The van der Waals surface area contributed by atoms with Crippen molar-refractivity contribution >= 4 is 23.5 Å². The molecule has 2 aromatic carbocycles. The molecule has 0 saturated carbocycles. The molecule has 3 rings (SSSR count). The predicted octanol–water partition coefficient (Wildman–Crippen LogP) is 4.35. The van der Waals surface area contributed by atoms with Crippen LogP contribution in [0, 0.1) is 0 Å². The van der Waals surface area contributed by atoms with Crippen LogP contribution in [0.15, 0.2) is 65.2 Å². The number of nitrogens with zero attached hydrogens (tertiary/aromatic N) is 1. The maximum Gasteiger partial charge on any atom is 0.307 e. The molecule has 7 heteroatoms. The number of rotatable bonds is 8. The third-order valence-corrected chi connectivity index (χ3v) is 4.72. The van der Waals surface area contributed by atoms with Gasteiger partial charge in [-0.3, -0.25) is 9.59 Å². The Labute approximate surface area is 173 Å².